The summed E-state index contributed by atoms with van der Waals surface area (Å²) in [6, 6.07) is 5.96. The van der Waals surface area contributed by atoms with Crippen molar-refractivity contribution in [3.63, 3.8) is 0 Å². The lowest BCUT2D eigenvalue weighted by atomic mass is 10.1. The van der Waals surface area contributed by atoms with Crippen molar-refractivity contribution < 1.29 is 9.53 Å². The monoisotopic (exact) mass is 264 g/mol. The molecular formula is C15H24N2O2. The zero-order valence-corrected chi connectivity index (χ0v) is 12.4. The van der Waals surface area contributed by atoms with E-state index in [1.54, 1.807) is 7.11 Å². The lowest BCUT2D eigenvalue weighted by molar-refractivity contribution is -0.120. The van der Waals surface area contributed by atoms with Gasteiger partial charge in [-0.15, -0.1) is 0 Å². The van der Waals surface area contributed by atoms with Gasteiger partial charge in [0.2, 0.25) is 5.91 Å². The van der Waals surface area contributed by atoms with Crippen molar-refractivity contribution in [2.45, 2.75) is 33.7 Å². The fraction of sp³-hybridized carbons (Fsp3) is 0.533. The van der Waals surface area contributed by atoms with Crippen LogP contribution in [0.2, 0.25) is 0 Å². The number of ether oxygens (including phenoxy) is 1. The second-order valence-corrected chi connectivity index (χ2v) is 5.14. The molecule has 4 heteroatoms. The molecule has 0 spiro atoms. The van der Waals surface area contributed by atoms with Crippen LogP contribution in [0.3, 0.4) is 0 Å². The third-order valence-corrected chi connectivity index (χ3v) is 3.24. The van der Waals surface area contributed by atoms with Crippen molar-refractivity contribution in [1.29, 1.82) is 0 Å². The lowest BCUT2D eigenvalue weighted by Crippen LogP contribution is -2.39. The zero-order valence-electron chi connectivity index (χ0n) is 12.4. The SMILES string of the molecule is COc1ccc(NCC(=O)NC(C)C(C)C)cc1C. The first kappa shape index (κ1) is 15.3. The van der Waals surface area contributed by atoms with Crippen LogP contribution in [0.25, 0.3) is 0 Å². The van der Waals surface area contributed by atoms with Crippen LogP contribution in [0.4, 0.5) is 5.69 Å². The van der Waals surface area contributed by atoms with Crippen molar-refractivity contribution in [2.24, 2.45) is 5.92 Å². The molecule has 106 valence electrons. The fourth-order valence-electron chi connectivity index (χ4n) is 1.64. The molecule has 2 N–H and O–H groups in total. The van der Waals surface area contributed by atoms with Crippen molar-refractivity contribution >= 4 is 11.6 Å². The third kappa shape index (κ3) is 4.81. The maximum atomic E-state index is 11.7. The van der Waals surface area contributed by atoms with Crippen LogP contribution < -0.4 is 15.4 Å². The Hall–Kier alpha value is -1.71. The molecule has 4 nitrogen and oxygen atoms in total. The standard InChI is InChI=1S/C15H24N2O2/c1-10(2)12(4)17-15(18)9-16-13-6-7-14(19-5)11(3)8-13/h6-8,10,12,16H,9H2,1-5H3,(H,17,18). The number of benzene rings is 1. The summed E-state index contributed by atoms with van der Waals surface area (Å²) < 4.78 is 5.20. The van der Waals surface area contributed by atoms with Crippen molar-refractivity contribution in [3.05, 3.63) is 23.8 Å². The molecule has 0 saturated carbocycles. The van der Waals surface area contributed by atoms with Gasteiger partial charge in [0.15, 0.2) is 0 Å². The summed E-state index contributed by atoms with van der Waals surface area (Å²) in [6.07, 6.45) is 0. The zero-order chi connectivity index (χ0) is 14.4. The van der Waals surface area contributed by atoms with E-state index in [0.29, 0.717) is 5.92 Å². The highest BCUT2D eigenvalue weighted by molar-refractivity contribution is 5.81. The van der Waals surface area contributed by atoms with Gasteiger partial charge in [0.1, 0.15) is 5.75 Å². The second-order valence-electron chi connectivity index (χ2n) is 5.14. The molecule has 0 saturated heterocycles. The van der Waals surface area contributed by atoms with Crippen LogP contribution in [0.1, 0.15) is 26.3 Å². The van der Waals surface area contributed by atoms with Gasteiger partial charge in [-0.25, -0.2) is 0 Å². The predicted molar refractivity (Wildman–Crippen MR) is 78.7 cm³/mol. The van der Waals surface area contributed by atoms with Gasteiger partial charge in [0.25, 0.3) is 0 Å². The molecule has 1 amide bonds. The molecule has 1 unspecified atom stereocenters. The summed E-state index contributed by atoms with van der Waals surface area (Å²) in [5, 5.41) is 6.07. The largest absolute Gasteiger partial charge is 0.496 e. The van der Waals surface area contributed by atoms with E-state index >= 15 is 0 Å². The fourth-order valence-corrected chi connectivity index (χ4v) is 1.64. The highest BCUT2D eigenvalue weighted by Crippen LogP contribution is 2.21. The molecule has 0 heterocycles. The molecule has 0 radical (unpaired) electrons. The van der Waals surface area contributed by atoms with Gasteiger partial charge in [-0.3, -0.25) is 4.79 Å². The smallest absolute Gasteiger partial charge is 0.239 e. The minimum Gasteiger partial charge on any atom is -0.496 e. The van der Waals surface area contributed by atoms with Crippen molar-refractivity contribution in [3.8, 4) is 5.75 Å². The number of hydrogen-bond donors (Lipinski definition) is 2. The van der Waals surface area contributed by atoms with Gasteiger partial charge in [0, 0.05) is 11.7 Å². The molecule has 0 aliphatic carbocycles. The summed E-state index contributed by atoms with van der Waals surface area (Å²) in [6.45, 7) is 8.45. The number of carbonyl (C=O) groups excluding carboxylic acids is 1. The second kappa shape index (κ2) is 7.02. The average molecular weight is 264 g/mol. The summed E-state index contributed by atoms with van der Waals surface area (Å²) in [4.78, 5) is 11.7. The van der Waals surface area contributed by atoms with E-state index in [1.165, 1.54) is 0 Å². The van der Waals surface area contributed by atoms with Crippen LogP contribution in [0.5, 0.6) is 5.75 Å². The number of rotatable bonds is 6. The van der Waals surface area contributed by atoms with Crippen LogP contribution in [0, 0.1) is 12.8 Å². The maximum Gasteiger partial charge on any atom is 0.239 e. The summed E-state index contributed by atoms with van der Waals surface area (Å²) in [5.74, 6) is 1.30. The Labute approximate surface area is 115 Å². The molecule has 0 fully saturated rings. The van der Waals surface area contributed by atoms with E-state index < -0.39 is 0 Å². The Morgan fingerprint density at radius 2 is 2.00 bits per heavy atom. The molecule has 1 aromatic rings. The topological polar surface area (TPSA) is 50.4 Å². The molecule has 19 heavy (non-hydrogen) atoms. The summed E-state index contributed by atoms with van der Waals surface area (Å²) in [7, 11) is 1.65. The van der Waals surface area contributed by atoms with Crippen LogP contribution in [0.15, 0.2) is 18.2 Å². The van der Waals surface area contributed by atoms with Crippen LogP contribution >= 0.6 is 0 Å². The molecule has 1 aromatic carbocycles. The third-order valence-electron chi connectivity index (χ3n) is 3.24. The Morgan fingerprint density at radius 1 is 1.32 bits per heavy atom. The molecular weight excluding hydrogens is 240 g/mol. The van der Waals surface area contributed by atoms with Gasteiger partial charge in [-0.1, -0.05) is 13.8 Å². The predicted octanol–water partition coefficient (Wildman–Crippen LogP) is 2.58. The molecule has 0 aromatic heterocycles. The Kier molecular flexibility index (Phi) is 5.67. The van der Waals surface area contributed by atoms with E-state index in [1.807, 2.05) is 32.0 Å². The highest BCUT2D eigenvalue weighted by atomic mass is 16.5. The molecule has 1 rings (SSSR count). The Balaban J connectivity index is 2.48. The maximum absolute atomic E-state index is 11.7. The molecule has 0 aliphatic rings. The number of aryl methyl sites for hydroxylation is 1. The van der Waals surface area contributed by atoms with Gasteiger partial charge >= 0.3 is 0 Å². The first-order chi connectivity index (χ1) is 8.93. The minimum atomic E-state index is 0.00895. The number of methoxy groups -OCH3 is 1. The molecule has 0 aliphatic heterocycles. The highest BCUT2D eigenvalue weighted by Gasteiger charge is 2.10. The van der Waals surface area contributed by atoms with E-state index in [-0.39, 0.29) is 18.5 Å². The molecule has 0 bridgehead atoms. The van der Waals surface area contributed by atoms with Gasteiger partial charge in [-0.05, 0) is 43.5 Å². The first-order valence-corrected chi connectivity index (χ1v) is 6.62. The number of anilines is 1. The average Bonchev–Trinajstić information content (AvgIpc) is 2.36. The number of amides is 1. The van der Waals surface area contributed by atoms with E-state index in [4.69, 9.17) is 4.74 Å². The van der Waals surface area contributed by atoms with Gasteiger partial charge in [0.05, 0.1) is 13.7 Å². The van der Waals surface area contributed by atoms with Gasteiger partial charge < -0.3 is 15.4 Å². The van der Waals surface area contributed by atoms with E-state index in [2.05, 4.69) is 24.5 Å². The molecule has 1 atom stereocenters. The lowest BCUT2D eigenvalue weighted by Gasteiger charge is -2.18. The summed E-state index contributed by atoms with van der Waals surface area (Å²) in [5.41, 5.74) is 1.97. The minimum absolute atomic E-state index is 0.00895. The van der Waals surface area contributed by atoms with Gasteiger partial charge in [-0.2, -0.15) is 0 Å². The normalized spacial score (nSPS) is 12.1. The Bertz CT molecular complexity index is 430. The van der Waals surface area contributed by atoms with Crippen LogP contribution in [-0.4, -0.2) is 25.6 Å². The van der Waals surface area contributed by atoms with Crippen molar-refractivity contribution in [2.75, 3.05) is 19.0 Å². The summed E-state index contributed by atoms with van der Waals surface area (Å²) >= 11 is 0. The first-order valence-electron chi connectivity index (χ1n) is 6.62. The van der Waals surface area contributed by atoms with Crippen molar-refractivity contribution in [1.82, 2.24) is 5.32 Å². The number of carbonyl (C=O) groups is 1. The van der Waals surface area contributed by atoms with E-state index in [9.17, 15) is 4.79 Å². The quantitative estimate of drug-likeness (QED) is 0.830. The number of nitrogens with one attached hydrogen (secondary N) is 2. The van der Waals surface area contributed by atoms with Crippen LogP contribution in [-0.2, 0) is 4.79 Å². The van der Waals surface area contributed by atoms with E-state index in [0.717, 1.165) is 17.0 Å². The Morgan fingerprint density at radius 3 is 2.53 bits per heavy atom. The number of hydrogen-bond acceptors (Lipinski definition) is 3.